The highest BCUT2D eigenvalue weighted by molar-refractivity contribution is 5.86. The van der Waals surface area contributed by atoms with Crippen LogP contribution in [-0.4, -0.2) is 10.1 Å². The van der Waals surface area contributed by atoms with Crippen LogP contribution in [0.3, 0.4) is 0 Å². The lowest BCUT2D eigenvalue weighted by molar-refractivity contribution is 0.216. The van der Waals surface area contributed by atoms with Gasteiger partial charge in [-0.1, -0.05) is 48.5 Å². The number of hydrogen-bond donors (Lipinski definition) is 1. The number of hydrogen-bond acceptors (Lipinski definition) is 2. The molecule has 2 nitrogen and oxygen atoms in total. The summed E-state index contributed by atoms with van der Waals surface area (Å²) in [6.07, 6.45) is 1.11. The lowest BCUT2D eigenvalue weighted by Gasteiger charge is -2.15. The van der Waals surface area contributed by atoms with Gasteiger partial charge in [0.15, 0.2) is 0 Å². The number of benzene rings is 2. The Bertz CT molecular complexity index is 759. The average Bonchev–Trinajstić information content (AvgIpc) is 2.46. The fourth-order valence-corrected chi connectivity index (χ4v) is 2.65. The summed E-state index contributed by atoms with van der Waals surface area (Å²) < 4.78 is 0. The Labute approximate surface area is 118 Å². The van der Waals surface area contributed by atoms with E-state index >= 15 is 0 Å². The van der Waals surface area contributed by atoms with Gasteiger partial charge in [-0.15, -0.1) is 0 Å². The van der Waals surface area contributed by atoms with Gasteiger partial charge in [0.1, 0.15) is 6.10 Å². The molecule has 2 aromatic carbocycles. The third-order valence-corrected chi connectivity index (χ3v) is 3.63. The standard InChI is InChI=1S/C18H17NO/c1-12-10-13(2)17(19-11-12)18(20)16-9-5-7-14-6-3-4-8-15(14)16/h3-11,18,20H,1-2H3. The Kier molecular flexibility index (Phi) is 3.25. The third kappa shape index (κ3) is 2.19. The average molecular weight is 263 g/mol. The van der Waals surface area contributed by atoms with Crippen LogP contribution in [0.15, 0.2) is 54.7 Å². The molecule has 1 unspecified atom stereocenters. The van der Waals surface area contributed by atoms with Crippen LogP contribution < -0.4 is 0 Å². The van der Waals surface area contributed by atoms with Crippen molar-refractivity contribution in [1.82, 2.24) is 4.98 Å². The van der Waals surface area contributed by atoms with E-state index in [1.54, 1.807) is 6.20 Å². The molecule has 0 aliphatic heterocycles. The van der Waals surface area contributed by atoms with Crippen molar-refractivity contribution in [3.8, 4) is 0 Å². The smallest absolute Gasteiger partial charge is 0.122 e. The molecule has 0 bridgehead atoms. The first kappa shape index (κ1) is 12.8. The van der Waals surface area contributed by atoms with Gasteiger partial charge in [0.25, 0.3) is 0 Å². The predicted molar refractivity (Wildman–Crippen MR) is 81.7 cm³/mol. The summed E-state index contributed by atoms with van der Waals surface area (Å²) in [6.45, 7) is 4.00. The van der Waals surface area contributed by atoms with E-state index in [0.29, 0.717) is 0 Å². The molecule has 100 valence electrons. The first-order valence-electron chi connectivity index (χ1n) is 6.75. The quantitative estimate of drug-likeness (QED) is 0.760. The first-order chi connectivity index (χ1) is 9.66. The lowest BCUT2D eigenvalue weighted by Crippen LogP contribution is -2.05. The Balaban J connectivity index is 2.15. The number of aromatic nitrogens is 1. The van der Waals surface area contributed by atoms with Gasteiger partial charge in [0.05, 0.1) is 5.69 Å². The summed E-state index contributed by atoms with van der Waals surface area (Å²) >= 11 is 0. The fraction of sp³-hybridized carbons (Fsp3) is 0.167. The SMILES string of the molecule is Cc1cnc(C(O)c2cccc3ccccc23)c(C)c1. The number of nitrogens with zero attached hydrogens (tertiary/aromatic N) is 1. The molecule has 1 atom stereocenters. The highest BCUT2D eigenvalue weighted by Gasteiger charge is 2.16. The summed E-state index contributed by atoms with van der Waals surface area (Å²) in [5, 5.41) is 12.9. The molecule has 1 aromatic heterocycles. The third-order valence-electron chi connectivity index (χ3n) is 3.63. The van der Waals surface area contributed by atoms with Crippen LogP contribution in [0.1, 0.15) is 28.5 Å². The number of aliphatic hydroxyl groups excluding tert-OH is 1. The Morgan fingerprint density at radius 2 is 1.75 bits per heavy atom. The molecule has 1 heterocycles. The highest BCUT2D eigenvalue weighted by Crippen LogP contribution is 2.29. The van der Waals surface area contributed by atoms with E-state index in [0.717, 1.165) is 33.2 Å². The predicted octanol–water partition coefficient (Wildman–Crippen LogP) is 3.93. The van der Waals surface area contributed by atoms with Crippen molar-refractivity contribution < 1.29 is 5.11 Å². The van der Waals surface area contributed by atoms with Crippen LogP contribution in [-0.2, 0) is 0 Å². The lowest BCUT2D eigenvalue weighted by atomic mass is 9.96. The minimum absolute atomic E-state index is 0.693. The second kappa shape index (κ2) is 5.06. The Hall–Kier alpha value is -2.19. The summed E-state index contributed by atoms with van der Waals surface area (Å²) in [6, 6.07) is 16.1. The molecule has 1 N–H and O–H groups in total. The van der Waals surface area contributed by atoms with Crippen LogP contribution >= 0.6 is 0 Å². The molecular formula is C18H17NO. The van der Waals surface area contributed by atoms with Gasteiger partial charge in [-0.2, -0.15) is 0 Å². The van der Waals surface area contributed by atoms with Crippen LogP contribution in [0.2, 0.25) is 0 Å². The van der Waals surface area contributed by atoms with E-state index < -0.39 is 6.10 Å². The first-order valence-corrected chi connectivity index (χ1v) is 6.75. The second-order valence-corrected chi connectivity index (χ2v) is 5.19. The Morgan fingerprint density at radius 3 is 2.55 bits per heavy atom. The second-order valence-electron chi connectivity index (χ2n) is 5.19. The molecule has 0 saturated carbocycles. The van der Waals surface area contributed by atoms with Crippen molar-refractivity contribution >= 4 is 10.8 Å². The molecule has 0 spiro atoms. The Morgan fingerprint density at radius 1 is 1.00 bits per heavy atom. The maximum atomic E-state index is 10.7. The number of pyridine rings is 1. The molecular weight excluding hydrogens is 246 g/mol. The van der Waals surface area contributed by atoms with E-state index in [2.05, 4.69) is 23.2 Å². The molecule has 0 amide bonds. The van der Waals surface area contributed by atoms with Crippen LogP contribution in [0.5, 0.6) is 0 Å². The van der Waals surface area contributed by atoms with Crippen molar-refractivity contribution in [1.29, 1.82) is 0 Å². The fourth-order valence-electron chi connectivity index (χ4n) is 2.65. The van der Waals surface area contributed by atoms with Gasteiger partial charge < -0.3 is 5.11 Å². The summed E-state index contributed by atoms with van der Waals surface area (Å²) in [7, 11) is 0. The number of fused-ring (bicyclic) bond motifs is 1. The molecule has 0 saturated heterocycles. The van der Waals surface area contributed by atoms with Gasteiger partial charge in [0, 0.05) is 6.20 Å². The number of aliphatic hydroxyl groups is 1. The molecule has 3 rings (SSSR count). The molecule has 2 heteroatoms. The van der Waals surface area contributed by atoms with Crippen LogP contribution in [0, 0.1) is 13.8 Å². The zero-order chi connectivity index (χ0) is 14.1. The molecule has 0 aliphatic carbocycles. The molecule has 20 heavy (non-hydrogen) atoms. The van der Waals surface area contributed by atoms with Gasteiger partial charge in [0.2, 0.25) is 0 Å². The molecule has 0 aliphatic rings. The zero-order valence-corrected chi connectivity index (χ0v) is 11.7. The maximum Gasteiger partial charge on any atom is 0.122 e. The number of rotatable bonds is 2. The van der Waals surface area contributed by atoms with E-state index in [9.17, 15) is 5.11 Å². The number of aryl methyl sites for hydroxylation is 2. The monoisotopic (exact) mass is 263 g/mol. The van der Waals surface area contributed by atoms with E-state index in [4.69, 9.17) is 0 Å². The normalized spacial score (nSPS) is 12.6. The van der Waals surface area contributed by atoms with Crippen LogP contribution in [0.4, 0.5) is 0 Å². The molecule has 0 radical (unpaired) electrons. The largest absolute Gasteiger partial charge is 0.382 e. The minimum atomic E-state index is -0.693. The molecule has 0 fully saturated rings. The van der Waals surface area contributed by atoms with E-state index in [1.807, 2.05) is 44.2 Å². The summed E-state index contributed by atoms with van der Waals surface area (Å²) in [4.78, 5) is 4.41. The van der Waals surface area contributed by atoms with Crippen molar-refractivity contribution in [2.24, 2.45) is 0 Å². The van der Waals surface area contributed by atoms with E-state index in [-0.39, 0.29) is 0 Å². The zero-order valence-electron chi connectivity index (χ0n) is 11.7. The highest BCUT2D eigenvalue weighted by atomic mass is 16.3. The summed E-state index contributed by atoms with van der Waals surface area (Å²) in [5.41, 5.74) is 3.76. The maximum absolute atomic E-state index is 10.7. The van der Waals surface area contributed by atoms with Gasteiger partial charge in [-0.05, 0) is 41.3 Å². The van der Waals surface area contributed by atoms with Gasteiger partial charge in [-0.25, -0.2) is 0 Å². The van der Waals surface area contributed by atoms with E-state index in [1.165, 1.54) is 0 Å². The minimum Gasteiger partial charge on any atom is -0.382 e. The van der Waals surface area contributed by atoms with Crippen LogP contribution in [0.25, 0.3) is 10.8 Å². The molecule has 3 aromatic rings. The van der Waals surface area contributed by atoms with Crippen molar-refractivity contribution in [2.75, 3.05) is 0 Å². The van der Waals surface area contributed by atoms with Crippen molar-refractivity contribution in [3.05, 3.63) is 77.1 Å². The summed E-state index contributed by atoms with van der Waals surface area (Å²) in [5.74, 6) is 0. The van der Waals surface area contributed by atoms with Crippen molar-refractivity contribution in [2.45, 2.75) is 20.0 Å². The topological polar surface area (TPSA) is 33.1 Å². The van der Waals surface area contributed by atoms with Gasteiger partial charge >= 0.3 is 0 Å². The van der Waals surface area contributed by atoms with Crippen molar-refractivity contribution in [3.63, 3.8) is 0 Å². The van der Waals surface area contributed by atoms with Gasteiger partial charge in [-0.3, -0.25) is 4.98 Å².